The SMILES string of the molecule is COC(=O)CCC(c1ccccc1)C(F)(F)F. The first kappa shape index (κ1) is 13.5. The molecule has 17 heavy (non-hydrogen) atoms. The molecule has 0 heterocycles. The van der Waals surface area contributed by atoms with Gasteiger partial charge in [-0.1, -0.05) is 30.3 Å². The van der Waals surface area contributed by atoms with Gasteiger partial charge in [-0.15, -0.1) is 0 Å². The highest BCUT2D eigenvalue weighted by molar-refractivity contribution is 5.69. The molecule has 0 amide bonds. The van der Waals surface area contributed by atoms with Gasteiger partial charge in [0.05, 0.1) is 13.0 Å². The van der Waals surface area contributed by atoms with E-state index in [9.17, 15) is 18.0 Å². The fourth-order valence-corrected chi connectivity index (χ4v) is 1.57. The molecule has 0 aliphatic carbocycles. The van der Waals surface area contributed by atoms with Crippen LogP contribution in [0.4, 0.5) is 13.2 Å². The molecule has 0 aromatic heterocycles. The maximum absolute atomic E-state index is 12.8. The minimum absolute atomic E-state index is 0.170. The van der Waals surface area contributed by atoms with Crippen LogP contribution < -0.4 is 0 Å². The van der Waals surface area contributed by atoms with Crippen LogP contribution >= 0.6 is 0 Å². The molecular formula is C12H13F3O2. The van der Waals surface area contributed by atoms with E-state index in [1.54, 1.807) is 18.2 Å². The Bertz CT molecular complexity index is 360. The number of carbonyl (C=O) groups is 1. The maximum atomic E-state index is 12.8. The number of ether oxygens (including phenoxy) is 1. The predicted octanol–water partition coefficient (Wildman–Crippen LogP) is 3.29. The van der Waals surface area contributed by atoms with Crippen molar-refractivity contribution in [2.24, 2.45) is 0 Å². The summed E-state index contributed by atoms with van der Waals surface area (Å²) in [6.07, 6.45) is -4.88. The lowest BCUT2D eigenvalue weighted by Gasteiger charge is -2.20. The zero-order valence-corrected chi connectivity index (χ0v) is 9.33. The van der Waals surface area contributed by atoms with E-state index >= 15 is 0 Å². The van der Waals surface area contributed by atoms with Crippen LogP contribution in [0.5, 0.6) is 0 Å². The zero-order chi connectivity index (χ0) is 12.9. The van der Waals surface area contributed by atoms with Gasteiger partial charge in [0.1, 0.15) is 0 Å². The van der Waals surface area contributed by atoms with Crippen LogP contribution in [-0.2, 0) is 9.53 Å². The number of carbonyl (C=O) groups excluding carboxylic acids is 1. The first-order valence-electron chi connectivity index (χ1n) is 5.13. The van der Waals surface area contributed by atoms with Crippen LogP contribution in [0.1, 0.15) is 24.3 Å². The highest BCUT2D eigenvalue weighted by atomic mass is 19.4. The van der Waals surface area contributed by atoms with Gasteiger partial charge in [0.25, 0.3) is 0 Å². The molecule has 0 aliphatic heterocycles. The zero-order valence-electron chi connectivity index (χ0n) is 9.33. The van der Waals surface area contributed by atoms with Gasteiger partial charge in [-0.3, -0.25) is 4.79 Å². The summed E-state index contributed by atoms with van der Waals surface area (Å²) in [5.74, 6) is -2.25. The summed E-state index contributed by atoms with van der Waals surface area (Å²) in [5, 5.41) is 0. The predicted molar refractivity (Wildman–Crippen MR) is 56.5 cm³/mol. The van der Waals surface area contributed by atoms with Gasteiger partial charge >= 0.3 is 12.1 Å². The van der Waals surface area contributed by atoms with Crippen molar-refractivity contribution in [2.45, 2.75) is 24.9 Å². The number of benzene rings is 1. The average Bonchev–Trinajstić information content (AvgIpc) is 2.28. The van der Waals surface area contributed by atoms with Gasteiger partial charge in [0.15, 0.2) is 0 Å². The van der Waals surface area contributed by atoms with Crippen molar-refractivity contribution in [2.75, 3.05) is 7.11 Å². The van der Waals surface area contributed by atoms with Crippen LogP contribution in [0.15, 0.2) is 30.3 Å². The molecule has 0 spiro atoms. The summed E-state index contributed by atoms with van der Waals surface area (Å²) in [5.41, 5.74) is 0.170. The summed E-state index contributed by atoms with van der Waals surface area (Å²) >= 11 is 0. The number of halogens is 3. The van der Waals surface area contributed by atoms with E-state index < -0.39 is 18.1 Å². The van der Waals surface area contributed by atoms with Crippen molar-refractivity contribution >= 4 is 5.97 Å². The van der Waals surface area contributed by atoms with Crippen molar-refractivity contribution < 1.29 is 22.7 Å². The maximum Gasteiger partial charge on any atom is 0.395 e. The monoisotopic (exact) mass is 246 g/mol. The molecule has 1 aromatic rings. The van der Waals surface area contributed by atoms with Crippen LogP contribution in [0, 0.1) is 0 Å². The fraction of sp³-hybridized carbons (Fsp3) is 0.417. The number of hydrogen-bond acceptors (Lipinski definition) is 2. The summed E-state index contributed by atoms with van der Waals surface area (Å²) in [6, 6.07) is 7.57. The molecule has 94 valence electrons. The number of hydrogen-bond donors (Lipinski definition) is 0. The molecule has 0 fully saturated rings. The molecular weight excluding hydrogens is 233 g/mol. The van der Waals surface area contributed by atoms with Crippen molar-refractivity contribution in [3.63, 3.8) is 0 Å². The quantitative estimate of drug-likeness (QED) is 0.762. The number of rotatable bonds is 4. The van der Waals surface area contributed by atoms with E-state index in [-0.39, 0.29) is 18.4 Å². The van der Waals surface area contributed by atoms with E-state index in [1.807, 2.05) is 0 Å². The Morgan fingerprint density at radius 2 is 1.88 bits per heavy atom. The van der Waals surface area contributed by atoms with Gasteiger partial charge in [-0.2, -0.15) is 13.2 Å². The van der Waals surface area contributed by atoms with Gasteiger partial charge in [-0.25, -0.2) is 0 Å². The molecule has 2 nitrogen and oxygen atoms in total. The second kappa shape index (κ2) is 5.70. The Balaban J connectivity index is 2.79. The average molecular weight is 246 g/mol. The highest BCUT2D eigenvalue weighted by Gasteiger charge is 2.40. The molecule has 0 aliphatic rings. The highest BCUT2D eigenvalue weighted by Crippen LogP contribution is 2.38. The second-order valence-corrected chi connectivity index (χ2v) is 3.62. The third kappa shape index (κ3) is 4.09. The molecule has 5 heteroatoms. The molecule has 1 aromatic carbocycles. The van der Waals surface area contributed by atoms with Gasteiger partial charge in [0, 0.05) is 6.42 Å². The Hall–Kier alpha value is -1.52. The van der Waals surface area contributed by atoms with Gasteiger partial charge < -0.3 is 4.74 Å². The van der Waals surface area contributed by atoms with E-state index in [0.717, 1.165) is 7.11 Å². The lowest BCUT2D eigenvalue weighted by Crippen LogP contribution is -2.22. The molecule has 0 saturated carbocycles. The first-order valence-corrected chi connectivity index (χ1v) is 5.13. The van der Waals surface area contributed by atoms with Crippen molar-refractivity contribution in [3.8, 4) is 0 Å². The summed E-state index contributed by atoms with van der Waals surface area (Å²) in [6.45, 7) is 0. The molecule has 0 radical (unpaired) electrons. The second-order valence-electron chi connectivity index (χ2n) is 3.62. The van der Waals surface area contributed by atoms with Crippen molar-refractivity contribution in [1.29, 1.82) is 0 Å². The molecule has 0 N–H and O–H groups in total. The van der Waals surface area contributed by atoms with E-state index in [4.69, 9.17) is 0 Å². The van der Waals surface area contributed by atoms with Gasteiger partial charge in [-0.05, 0) is 12.0 Å². The molecule has 1 atom stereocenters. The lowest BCUT2D eigenvalue weighted by molar-refractivity contribution is -0.155. The molecule has 1 unspecified atom stereocenters. The summed E-state index contributed by atoms with van der Waals surface area (Å²) in [4.78, 5) is 10.9. The fourth-order valence-electron chi connectivity index (χ4n) is 1.57. The third-order valence-corrected chi connectivity index (χ3v) is 2.46. The largest absolute Gasteiger partial charge is 0.469 e. The van der Waals surface area contributed by atoms with Crippen LogP contribution in [0.3, 0.4) is 0 Å². The molecule has 0 saturated heterocycles. The van der Waals surface area contributed by atoms with E-state index in [0.29, 0.717) is 0 Å². The molecule has 1 rings (SSSR count). The Kier molecular flexibility index (Phi) is 4.54. The Labute approximate surface area is 97.4 Å². The lowest BCUT2D eigenvalue weighted by atomic mass is 9.94. The smallest absolute Gasteiger partial charge is 0.395 e. The number of methoxy groups -OCH3 is 1. The van der Waals surface area contributed by atoms with Crippen molar-refractivity contribution in [3.05, 3.63) is 35.9 Å². The van der Waals surface area contributed by atoms with E-state index in [2.05, 4.69) is 4.74 Å². The van der Waals surface area contributed by atoms with Gasteiger partial charge in [0.2, 0.25) is 0 Å². The van der Waals surface area contributed by atoms with Crippen LogP contribution in [-0.4, -0.2) is 19.3 Å². The van der Waals surface area contributed by atoms with Crippen LogP contribution in [0.2, 0.25) is 0 Å². The standard InChI is InChI=1S/C12H13F3O2/c1-17-11(16)8-7-10(12(13,14)15)9-5-3-2-4-6-9/h2-6,10H,7-8H2,1H3. The Morgan fingerprint density at radius 3 is 2.35 bits per heavy atom. The summed E-state index contributed by atoms with van der Waals surface area (Å²) < 4.78 is 42.8. The topological polar surface area (TPSA) is 26.3 Å². The number of alkyl halides is 3. The third-order valence-electron chi connectivity index (χ3n) is 2.46. The minimum Gasteiger partial charge on any atom is -0.469 e. The Morgan fingerprint density at radius 1 is 1.29 bits per heavy atom. The summed E-state index contributed by atoms with van der Waals surface area (Å²) in [7, 11) is 1.16. The van der Waals surface area contributed by atoms with Crippen molar-refractivity contribution in [1.82, 2.24) is 0 Å². The number of esters is 1. The minimum atomic E-state index is -4.35. The molecule has 0 bridgehead atoms. The van der Waals surface area contributed by atoms with E-state index in [1.165, 1.54) is 12.1 Å². The normalized spacial score (nSPS) is 13.2. The van der Waals surface area contributed by atoms with Crippen LogP contribution in [0.25, 0.3) is 0 Å². The first-order chi connectivity index (χ1) is 7.95.